The van der Waals surface area contributed by atoms with E-state index in [0.29, 0.717) is 22.5 Å². The van der Waals surface area contributed by atoms with Gasteiger partial charge in [-0.15, -0.1) is 23.7 Å². The average Bonchev–Trinajstić information content (AvgIpc) is 2.85. The zero-order valence-corrected chi connectivity index (χ0v) is 12.4. The summed E-state index contributed by atoms with van der Waals surface area (Å²) in [4.78, 5) is 5.99. The number of hydrogen-bond acceptors (Lipinski definition) is 4. The third kappa shape index (κ3) is 4.05. The Bertz CT molecular complexity index is 422. The van der Waals surface area contributed by atoms with Crippen LogP contribution in [0.1, 0.15) is 22.0 Å². The van der Waals surface area contributed by atoms with Crippen molar-refractivity contribution in [3.63, 3.8) is 0 Å². The molecule has 0 bridgehead atoms. The summed E-state index contributed by atoms with van der Waals surface area (Å²) >= 11 is 1.14. The van der Waals surface area contributed by atoms with Crippen molar-refractivity contribution >= 4 is 23.7 Å². The number of likely N-dealkylation sites (N-methyl/N-ethyl adjacent to an activating group) is 1. The van der Waals surface area contributed by atoms with Crippen molar-refractivity contribution in [2.24, 2.45) is 0 Å². The third-order valence-electron chi connectivity index (χ3n) is 3.12. The van der Waals surface area contributed by atoms with Gasteiger partial charge in [-0.05, 0) is 20.4 Å². The molecule has 8 heteroatoms. The molecule has 0 saturated carbocycles. The molecule has 1 fully saturated rings. The summed E-state index contributed by atoms with van der Waals surface area (Å²) in [6.45, 7) is 3.59. The Morgan fingerprint density at radius 3 is 2.68 bits per heavy atom. The summed E-state index contributed by atoms with van der Waals surface area (Å²) in [5.74, 6) is 0. The third-order valence-corrected chi connectivity index (χ3v) is 4.08. The maximum absolute atomic E-state index is 12.8. The van der Waals surface area contributed by atoms with Gasteiger partial charge >= 0.3 is 6.18 Å². The number of aryl methyl sites for hydroxylation is 1. The molecule has 3 nitrogen and oxygen atoms in total. The normalized spacial score (nSPS) is 20.6. The van der Waals surface area contributed by atoms with E-state index in [4.69, 9.17) is 0 Å². The van der Waals surface area contributed by atoms with Crippen LogP contribution in [-0.2, 0) is 12.7 Å². The Kier molecular flexibility index (Phi) is 5.61. The quantitative estimate of drug-likeness (QED) is 0.929. The molecule has 2 heterocycles. The van der Waals surface area contributed by atoms with Crippen LogP contribution >= 0.6 is 23.7 Å². The first-order valence-corrected chi connectivity index (χ1v) is 6.65. The van der Waals surface area contributed by atoms with Crippen LogP contribution in [0.5, 0.6) is 0 Å². The molecule has 1 aliphatic heterocycles. The van der Waals surface area contributed by atoms with Gasteiger partial charge in [-0.1, -0.05) is 0 Å². The smallest absolute Gasteiger partial charge is 0.316 e. The molecule has 0 aromatic carbocycles. The number of likely N-dealkylation sites (tertiary alicyclic amines) is 1. The van der Waals surface area contributed by atoms with E-state index in [-0.39, 0.29) is 12.4 Å². The summed E-state index contributed by atoms with van der Waals surface area (Å²) in [5.41, 5.74) is -0.710. The molecule has 1 N–H and O–H groups in total. The molecule has 0 spiro atoms. The van der Waals surface area contributed by atoms with Crippen LogP contribution in [0.15, 0.2) is 0 Å². The highest BCUT2D eigenvalue weighted by Crippen LogP contribution is 2.35. The summed E-state index contributed by atoms with van der Waals surface area (Å²) in [7, 11) is 1.88. The summed E-state index contributed by atoms with van der Waals surface area (Å²) < 4.78 is 38.4. The fraction of sp³-hybridized carbons (Fsp3) is 0.727. The number of halogens is 4. The maximum atomic E-state index is 12.8. The van der Waals surface area contributed by atoms with Crippen molar-refractivity contribution in [1.82, 2.24) is 15.2 Å². The summed E-state index contributed by atoms with van der Waals surface area (Å²) in [5, 5.41) is 3.63. The van der Waals surface area contributed by atoms with E-state index in [2.05, 4.69) is 10.3 Å². The van der Waals surface area contributed by atoms with E-state index < -0.39 is 11.9 Å². The van der Waals surface area contributed by atoms with Gasteiger partial charge in [-0.2, -0.15) is 13.2 Å². The van der Waals surface area contributed by atoms with E-state index in [1.165, 1.54) is 0 Å². The van der Waals surface area contributed by atoms with E-state index in [9.17, 15) is 13.2 Å². The zero-order valence-electron chi connectivity index (χ0n) is 10.8. The van der Waals surface area contributed by atoms with Gasteiger partial charge in [0, 0.05) is 25.7 Å². The van der Waals surface area contributed by atoms with Crippen molar-refractivity contribution in [1.29, 1.82) is 0 Å². The predicted molar refractivity (Wildman–Crippen MR) is 71.8 cm³/mol. The van der Waals surface area contributed by atoms with Crippen LogP contribution < -0.4 is 5.32 Å². The first-order valence-electron chi connectivity index (χ1n) is 5.83. The Hall–Kier alpha value is -0.370. The van der Waals surface area contributed by atoms with E-state index in [0.717, 1.165) is 30.8 Å². The standard InChI is InChI=1S/C11H16F3N3S.ClH/c1-7-16-10(11(12,13)14)9(18-7)6-17-4-3-8(5-17)15-2;/h8,15H,3-6H2,1-2H3;1H. The Morgan fingerprint density at radius 2 is 2.16 bits per heavy atom. The van der Waals surface area contributed by atoms with Crippen LogP contribution in [0.2, 0.25) is 0 Å². The van der Waals surface area contributed by atoms with E-state index in [1.807, 2.05) is 11.9 Å². The number of aromatic nitrogens is 1. The Labute approximate surface area is 120 Å². The molecule has 2 rings (SSSR count). The lowest BCUT2D eigenvalue weighted by Gasteiger charge is -2.16. The zero-order chi connectivity index (χ0) is 13.3. The average molecular weight is 316 g/mol. The summed E-state index contributed by atoms with van der Waals surface area (Å²) in [6.07, 6.45) is -3.36. The van der Waals surface area contributed by atoms with Gasteiger partial charge < -0.3 is 5.32 Å². The summed E-state index contributed by atoms with van der Waals surface area (Å²) in [6, 6.07) is 0.383. The van der Waals surface area contributed by atoms with Crippen LogP contribution in [-0.4, -0.2) is 36.1 Å². The number of alkyl halides is 3. The highest BCUT2D eigenvalue weighted by molar-refractivity contribution is 7.11. The Balaban J connectivity index is 0.00000180. The predicted octanol–water partition coefficient (Wildman–Crippen LogP) is 2.69. The second kappa shape index (κ2) is 6.39. The van der Waals surface area contributed by atoms with Gasteiger partial charge in [-0.25, -0.2) is 4.98 Å². The topological polar surface area (TPSA) is 28.2 Å². The van der Waals surface area contributed by atoms with E-state index >= 15 is 0 Å². The molecule has 1 atom stereocenters. The lowest BCUT2D eigenvalue weighted by atomic mass is 10.3. The molecule has 1 unspecified atom stereocenters. The minimum absolute atomic E-state index is 0. The SMILES string of the molecule is CNC1CCN(Cc2sc(C)nc2C(F)(F)F)C1.Cl. The Morgan fingerprint density at radius 1 is 1.47 bits per heavy atom. The van der Waals surface area contributed by atoms with Crippen molar-refractivity contribution < 1.29 is 13.2 Å². The van der Waals surface area contributed by atoms with Gasteiger partial charge in [-0.3, -0.25) is 4.90 Å². The fourth-order valence-corrected chi connectivity index (χ4v) is 3.21. The molecule has 0 amide bonds. The van der Waals surface area contributed by atoms with Crippen LogP contribution in [0.4, 0.5) is 13.2 Å². The number of rotatable bonds is 3. The van der Waals surface area contributed by atoms with Crippen LogP contribution in [0.25, 0.3) is 0 Å². The largest absolute Gasteiger partial charge is 0.434 e. The minimum atomic E-state index is -4.35. The van der Waals surface area contributed by atoms with Gasteiger partial charge in [0.05, 0.1) is 9.88 Å². The van der Waals surface area contributed by atoms with Crippen LogP contribution in [0, 0.1) is 6.92 Å². The first-order chi connectivity index (χ1) is 8.40. The maximum Gasteiger partial charge on any atom is 0.434 e. The van der Waals surface area contributed by atoms with Gasteiger partial charge in [0.25, 0.3) is 0 Å². The first kappa shape index (κ1) is 16.7. The number of thiazole rings is 1. The molecule has 19 heavy (non-hydrogen) atoms. The van der Waals surface area contributed by atoms with Crippen LogP contribution in [0.3, 0.4) is 0 Å². The van der Waals surface area contributed by atoms with Crippen molar-refractivity contribution in [3.8, 4) is 0 Å². The van der Waals surface area contributed by atoms with Gasteiger partial charge in [0.15, 0.2) is 5.69 Å². The molecule has 1 saturated heterocycles. The molecule has 0 radical (unpaired) electrons. The lowest BCUT2D eigenvalue weighted by molar-refractivity contribution is -0.141. The molecule has 0 aliphatic carbocycles. The van der Waals surface area contributed by atoms with Gasteiger partial charge in [0.2, 0.25) is 0 Å². The molecular formula is C11H17ClF3N3S. The molecule has 1 aromatic heterocycles. The number of hydrogen-bond donors (Lipinski definition) is 1. The number of nitrogens with zero attached hydrogens (tertiary/aromatic N) is 2. The molecule has 1 aromatic rings. The monoisotopic (exact) mass is 315 g/mol. The second-order valence-electron chi connectivity index (χ2n) is 4.51. The second-order valence-corrected chi connectivity index (χ2v) is 5.80. The molecular weight excluding hydrogens is 299 g/mol. The van der Waals surface area contributed by atoms with Crippen molar-refractivity contribution in [3.05, 3.63) is 15.6 Å². The van der Waals surface area contributed by atoms with Gasteiger partial charge in [0.1, 0.15) is 0 Å². The van der Waals surface area contributed by atoms with Crippen molar-refractivity contribution in [2.75, 3.05) is 20.1 Å². The molecule has 1 aliphatic rings. The number of nitrogens with one attached hydrogen (secondary N) is 1. The highest BCUT2D eigenvalue weighted by Gasteiger charge is 2.37. The van der Waals surface area contributed by atoms with E-state index in [1.54, 1.807) is 6.92 Å². The minimum Gasteiger partial charge on any atom is -0.316 e. The van der Waals surface area contributed by atoms with Crippen molar-refractivity contribution in [2.45, 2.75) is 32.1 Å². The lowest BCUT2D eigenvalue weighted by Crippen LogP contribution is -2.29. The fourth-order valence-electron chi connectivity index (χ4n) is 2.21. The highest BCUT2D eigenvalue weighted by atomic mass is 35.5. The molecule has 110 valence electrons.